The Kier molecular flexibility index (Phi) is 4.96. The van der Waals surface area contributed by atoms with E-state index in [4.69, 9.17) is 5.73 Å². The topological polar surface area (TPSA) is 63.4 Å². The fourth-order valence-corrected chi connectivity index (χ4v) is 2.23. The van der Waals surface area contributed by atoms with Gasteiger partial charge in [-0.1, -0.05) is 12.1 Å². The van der Waals surface area contributed by atoms with Crippen molar-refractivity contribution in [1.82, 2.24) is 0 Å². The molecule has 96 valence electrons. The van der Waals surface area contributed by atoms with Crippen LogP contribution in [0.5, 0.6) is 0 Å². The maximum Gasteiger partial charge on any atom is 0.147 e. The van der Waals surface area contributed by atoms with Gasteiger partial charge >= 0.3 is 0 Å². The SMILES string of the molecule is CN(CCCS(C)(=O)=O)c1ccc(CN)cc1. The highest BCUT2D eigenvalue weighted by Gasteiger charge is 2.04. The molecule has 0 spiro atoms. The van der Waals surface area contributed by atoms with E-state index in [-0.39, 0.29) is 5.75 Å². The predicted octanol–water partition coefficient (Wildman–Crippen LogP) is 1.02. The molecule has 0 bridgehead atoms. The van der Waals surface area contributed by atoms with E-state index in [1.165, 1.54) is 6.26 Å². The average molecular weight is 256 g/mol. The Balaban J connectivity index is 2.49. The lowest BCUT2D eigenvalue weighted by molar-refractivity contribution is 0.599. The lowest BCUT2D eigenvalue weighted by Crippen LogP contribution is -2.20. The minimum absolute atomic E-state index is 0.234. The van der Waals surface area contributed by atoms with Gasteiger partial charge in [0.1, 0.15) is 9.84 Å². The molecule has 0 heterocycles. The Morgan fingerprint density at radius 1 is 1.24 bits per heavy atom. The van der Waals surface area contributed by atoms with Crippen molar-refractivity contribution in [2.24, 2.45) is 5.73 Å². The van der Waals surface area contributed by atoms with E-state index in [9.17, 15) is 8.42 Å². The summed E-state index contributed by atoms with van der Waals surface area (Å²) in [6.07, 6.45) is 1.91. The third-order valence-corrected chi connectivity index (χ3v) is 3.65. The molecular formula is C12H20N2O2S. The van der Waals surface area contributed by atoms with E-state index in [0.717, 1.165) is 17.8 Å². The Hall–Kier alpha value is -1.07. The lowest BCUT2D eigenvalue weighted by atomic mass is 10.2. The molecule has 1 rings (SSSR count). The first-order chi connectivity index (χ1) is 7.92. The molecule has 1 aromatic carbocycles. The Morgan fingerprint density at radius 2 is 1.82 bits per heavy atom. The summed E-state index contributed by atoms with van der Waals surface area (Å²) in [6.45, 7) is 1.27. The fourth-order valence-electron chi connectivity index (χ4n) is 1.58. The van der Waals surface area contributed by atoms with Crippen LogP contribution in [0.25, 0.3) is 0 Å². The van der Waals surface area contributed by atoms with Gasteiger partial charge in [0.25, 0.3) is 0 Å². The van der Waals surface area contributed by atoms with Gasteiger partial charge in [-0.25, -0.2) is 8.42 Å². The average Bonchev–Trinajstić information content (AvgIpc) is 2.27. The van der Waals surface area contributed by atoms with Crippen LogP contribution in [0.2, 0.25) is 0 Å². The summed E-state index contributed by atoms with van der Waals surface area (Å²) in [6, 6.07) is 7.98. The molecule has 0 aliphatic carbocycles. The quantitative estimate of drug-likeness (QED) is 0.825. The number of benzene rings is 1. The molecule has 17 heavy (non-hydrogen) atoms. The van der Waals surface area contributed by atoms with Crippen molar-refractivity contribution in [2.45, 2.75) is 13.0 Å². The third kappa shape index (κ3) is 5.19. The third-order valence-electron chi connectivity index (χ3n) is 2.62. The van der Waals surface area contributed by atoms with Gasteiger partial charge in [0.15, 0.2) is 0 Å². The van der Waals surface area contributed by atoms with Gasteiger partial charge in [-0.15, -0.1) is 0 Å². The summed E-state index contributed by atoms with van der Waals surface area (Å²) in [5.74, 6) is 0.234. The zero-order valence-electron chi connectivity index (χ0n) is 10.4. The van der Waals surface area contributed by atoms with Crippen molar-refractivity contribution in [2.75, 3.05) is 30.5 Å². The standard InChI is InChI=1S/C12H20N2O2S/c1-14(8-3-9-17(2,15)16)12-6-4-11(10-13)5-7-12/h4-7H,3,8-10,13H2,1-2H3. The highest BCUT2D eigenvalue weighted by molar-refractivity contribution is 7.90. The molecule has 0 atom stereocenters. The van der Waals surface area contributed by atoms with Crippen molar-refractivity contribution in [3.63, 3.8) is 0 Å². The maximum atomic E-state index is 11.0. The van der Waals surface area contributed by atoms with Crippen LogP contribution in [0.4, 0.5) is 5.69 Å². The van der Waals surface area contributed by atoms with Crippen molar-refractivity contribution in [3.05, 3.63) is 29.8 Å². The fraction of sp³-hybridized carbons (Fsp3) is 0.500. The zero-order valence-corrected chi connectivity index (χ0v) is 11.2. The van der Waals surface area contributed by atoms with Gasteiger partial charge in [0, 0.05) is 32.1 Å². The summed E-state index contributed by atoms with van der Waals surface area (Å²) >= 11 is 0. The molecule has 0 saturated carbocycles. The number of hydrogen-bond acceptors (Lipinski definition) is 4. The first-order valence-corrected chi connectivity index (χ1v) is 7.66. The lowest BCUT2D eigenvalue weighted by Gasteiger charge is -2.19. The van der Waals surface area contributed by atoms with Crippen LogP contribution in [-0.4, -0.2) is 34.0 Å². The number of sulfone groups is 1. The maximum absolute atomic E-state index is 11.0. The van der Waals surface area contributed by atoms with Gasteiger partial charge in [-0.3, -0.25) is 0 Å². The Labute approximate surface area is 103 Å². The Bertz CT molecular complexity index is 440. The molecule has 0 amide bonds. The number of anilines is 1. The number of rotatable bonds is 6. The molecule has 0 radical (unpaired) electrons. The van der Waals surface area contributed by atoms with Crippen LogP contribution >= 0.6 is 0 Å². The number of nitrogens with two attached hydrogens (primary N) is 1. The highest BCUT2D eigenvalue weighted by atomic mass is 32.2. The van der Waals surface area contributed by atoms with Gasteiger partial charge in [-0.05, 0) is 24.1 Å². The van der Waals surface area contributed by atoms with E-state index in [1.54, 1.807) is 0 Å². The first kappa shape index (κ1) is 14.0. The first-order valence-electron chi connectivity index (χ1n) is 5.60. The van der Waals surface area contributed by atoms with Crippen LogP contribution in [0.3, 0.4) is 0 Å². The molecule has 5 heteroatoms. The molecule has 1 aromatic rings. The van der Waals surface area contributed by atoms with Crippen molar-refractivity contribution >= 4 is 15.5 Å². The van der Waals surface area contributed by atoms with E-state index >= 15 is 0 Å². The second-order valence-electron chi connectivity index (χ2n) is 4.28. The highest BCUT2D eigenvalue weighted by Crippen LogP contribution is 2.13. The zero-order chi connectivity index (χ0) is 12.9. The largest absolute Gasteiger partial charge is 0.375 e. The van der Waals surface area contributed by atoms with Crippen LogP contribution in [0.15, 0.2) is 24.3 Å². The van der Waals surface area contributed by atoms with Crippen molar-refractivity contribution in [1.29, 1.82) is 0 Å². The summed E-state index contributed by atoms with van der Waals surface area (Å²) in [4.78, 5) is 2.05. The van der Waals surface area contributed by atoms with Gasteiger partial charge in [0.2, 0.25) is 0 Å². The molecule has 2 N–H and O–H groups in total. The molecule has 0 aromatic heterocycles. The van der Waals surface area contributed by atoms with Crippen molar-refractivity contribution in [3.8, 4) is 0 Å². The second kappa shape index (κ2) is 6.02. The number of hydrogen-bond donors (Lipinski definition) is 1. The minimum Gasteiger partial charge on any atom is -0.375 e. The van der Waals surface area contributed by atoms with E-state index in [2.05, 4.69) is 0 Å². The summed E-state index contributed by atoms with van der Waals surface area (Å²) in [7, 11) is -0.898. The van der Waals surface area contributed by atoms with Crippen molar-refractivity contribution < 1.29 is 8.42 Å². The minimum atomic E-state index is -2.86. The molecule has 0 unspecified atom stereocenters. The molecule has 4 nitrogen and oxygen atoms in total. The second-order valence-corrected chi connectivity index (χ2v) is 6.54. The molecule has 0 aliphatic heterocycles. The van der Waals surface area contributed by atoms with Gasteiger partial charge in [-0.2, -0.15) is 0 Å². The number of nitrogens with zero attached hydrogens (tertiary/aromatic N) is 1. The smallest absolute Gasteiger partial charge is 0.147 e. The van der Waals surface area contributed by atoms with E-state index in [0.29, 0.717) is 13.0 Å². The van der Waals surface area contributed by atoms with E-state index < -0.39 is 9.84 Å². The molecule has 0 fully saturated rings. The van der Waals surface area contributed by atoms with Crippen LogP contribution in [-0.2, 0) is 16.4 Å². The van der Waals surface area contributed by atoms with E-state index in [1.807, 2.05) is 36.2 Å². The van der Waals surface area contributed by atoms with Crippen LogP contribution in [0, 0.1) is 0 Å². The predicted molar refractivity (Wildman–Crippen MR) is 71.9 cm³/mol. The van der Waals surface area contributed by atoms with Crippen LogP contribution < -0.4 is 10.6 Å². The van der Waals surface area contributed by atoms with Gasteiger partial charge in [0.05, 0.1) is 5.75 Å². The molecular weight excluding hydrogens is 236 g/mol. The molecule has 0 aliphatic rings. The summed E-state index contributed by atoms with van der Waals surface area (Å²) in [5, 5.41) is 0. The van der Waals surface area contributed by atoms with Gasteiger partial charge < -0.3 is 10.6 Å². The monoisotopic (exact) mass is 256 g/mol. The van der Waals surface area contributed by atoms with Crippen LogP contribution in [0.1, 0.15) is 12.0 Å². The summed E-state index contributed by atoms with van der Waals surface area (Å²) in [5.41, 5.74) is 7.70. The molecule has 0 saturated heterocycles. The summed E-state index contributed by atoms with van der Waals surface area (Å²) < 4.78 is 22.0. The Morgan fingerprint density at radius 3 is 2.29 bits per heavy atom. The normalized spacial score (nSPS) is 11.5.